The zero-order chi connectivity index (χ0) is 18.1. The van der Waals surface area contributed by atoms with Crippen LogP contribution in [0.4, 0.5) is 5.69 Å². The highest BCUT2D eigenvalue weighted by Gasteiger charge is 2.21. The molecule has 0 saturated carbocycles. The first-order chi connectivity index (χ1) is 11.3. The molecule has 1 atom stereocenters. The molecule has 0 aliphatic heterocycles. The number of amides is 1. The van der Waals surface area contributed by atoms with Crippen molar-refractivity contribution >= 4 is 17.6 Å². The van der Waals surface area contributed by atoms with Crippen molar-refractivity contribution in [3.63, 3.8) is 0 Å². The highest BCUT2D eigenvalue weighted by molar-refractivity contribution is 5.83. The van der Waals surface area contributed by atoms with Crippen molar-refractivity contribution < 1.29 is 24.0 Å². The van der Waals surface area contributed by atoms with Crippen LogP contribution in [0.5, 0.6) is 5.75 Å². The van der Waals surface area contributed by atoms with Gasteiger partial charge in [-0.2, -0.15) is 5.26 Å². The summed E-state index contributed by atoms with van der Waals surface area (Å²) in [4.78, 5) is 34.8. The normalized spacial score (nSPS) is 11.0. The summed E-state index contributed by atoms with van der Waals surface area (Å²) in [5, 5.41) is 19.0. The molecular formula is C15H17N3O6. The number of carbonyl (C=O) groups excluding carboxylic acids is 2. The van der Waals surface area contributed by atoms with E-state index >= 15 is 0 Å². The third kappa shape index (κ3) is 5.92. The molecular weight excluding hydrogens is 318 g/mol. The van der Waals surface area contributed by atoms with Gasteiger partial charge in [-0.3, -0.25) is 14.9 Å². The van der Waals surface area contributed by atoms with Gasteiger partial charge < -0.3 is 14.4 Å². The summed E-state index contributed by atoms with van der Waals surface area (Å²) >= 11 is 0. The van der Waals surface area contributed by atoms with E-state index in [0.717, 1.165) is 0 Å². The molecule has 0 aliphatic rings. The third-order valence-corrected chi connectivity index (χ3v) is 3.00. The number of carbonyl (C=O) groups is 2. The number of nitro groups is 1. The van der Waals surface area contributed by atoms with Gasteiger partial charge >= 0.3 is 5.97 Å². The molecule has 24 heavy (non-hydrogen) atoms. The Bertz CT molecular complexity index is 638. The van der Waals surface area contributed by atoms with Gasteiger partial charge in [-0.25, -0.2) is 4.79 Å². The maximum atomic E-state index is 11.9. The Hall–Kier alpha value is -3.15. The van der Waals surface area contributed by atoms with Crippen LogP contribution in [0.2, 0.25) is 0 Å². The molecule has 1 rings (SSSR count). The number of nitro benzene ring substituents is 1. The minimum absolute atomic E-state index is 0.0930. The topological polar surface area (TPSA) is 123 Å². The summed E-state index contributed by atoms with van der Waals surface area (Å²) in [7, 11) is 1.51. The number of benzene rings is 1. The van der Waals surface area contributed by atoms with Crippen LogP contribution >= 0.6 is 0 Å². The lowest BCUT2D eigenvalue weighted by Crippen LogP contribution is -2.38. The molecule has 0 saturated heterocycles. The van der Waals surface area contributed by atoms with E-state index in [1.54, 1.807) is 0 Å². The lowest BCUT2D eigenvalue weighted by Gasteiger charge is -2.20. The molecule has 1 aromatic carbocycles. The molecule has 0 bridgehead atoms. The molecule has 0 aliphatic carbocycles. The summed E-state index contributed by atoms with van der Waals surface area (Å²) < 4.78 is 10.1. The predicted molar refractivity (Wildman–Crippen MR) is 82.0 cm³/mol. The first-order valence-corrected chi connectivity index (χ1v) is 7.03. The average Bonchev–Trinajstić information content (AvgIpc) is 2.57. The third-order valence-electron chi connectivity index (χ3n) is 3.00. The second-order valence-electron chi connectivity index (χ2n) is 4.84. The number of hydrogen-bond donors (Lipinski definition) is 0. The molecule has 1 amide bonds. The number of likely N-dealkylation sites (N-methyl/N-ethyl adjacent to an activating group) is 1. The largest absolute Gasteiger partial charge is 0.482 e. The number of ether oxygens (including phenoxy) is 2. The standard InChI is InChI=1S/C15H17N3O6/c1-11(15(20)17(2)9-3-8-16)24-14(19)10-23-13-6-4-12(5-7-13)18(21)22/h4-7,11H,3,9-10H2,1-2H3/t11-/m0/s1. The monoisotopic (exact) mass is 335 g/mol. The smallest absolute Gasteiger partial charge is 0.344 e. The molecule has 0 heterocycles. The number of nitrogens with zero attached hydrogens (tertiary/aromatic N) is 3. The van der Waals surface area contributed by atoms with Gasteiger partial charge in [0.25, 0.3) is 11.6 Å². The fourth-order valence-corrected chi connectivity index (χ4v) is 1.73. The van der Waals surface area contributed by atoms with Crippen molar-refractivity contribution in [1.29, 1.82) is 5.26 Å². The lowest BCUT2D eigenvalue weighted by molar-refractivity contribution is -0.384. The second kappa shape index (κ2) is 9.09. The fraction of sp³-hybridized carbons (Fsp3) is 0.400. The van der Waals surface area contributed by atoms with E-state index in [2.05, 4.69) is 0 Å². The zero-order valence-electron chi connectivity index (χ0n) is 13.3. The highest BCUT2D eigenvalue weighted by atomic mass is 16.6. The van der Waals surface area contributed by atoms with E-state index in [1.165, 1.54) is 43.1 Å². The van der Waals surface area contributed by atoms with Crippen LogP contribution in [0.1, 0.15) is 13.3 Å². The van der Waals surface area contributed by atoms with E-state index in [-0.39, 0.29) is 24.4 Å². The Morgan fingerprint density at radius 3 is 2.54 bits per heavy atom. The SMILES string of the molecule is C[C@H](OC(=O)COc1ccc([N+](=O)[O-])cc1)C(=O)N(C)CCC#N. The molecule has 0 fully saturated rings. The first kappa shape index (κ1) is 18.9. The van der Waals surface area contributed by atoms with Crippen LogP contribution in [0.15, 0.2) is 24.3 Å². The van der Waals surface area contributed by atoms with Gasteiger partial charge in [0.2, 0.25) is 0 Å². The van der Waals surface area contributed by atoms with E-state index in [9.17, 15) is 19.7 Å². The maximum absolute atomic E-state index is 11.9. The Balaban J connectivity index is 2.44. The quantitative estimate of drug-likeness (QED) is 0.398. The van der Waals surface area contributed by atoms with E-state index < -0.39 is 29.5 Å². The average molecular weight is 335 g/mol. The van der Waals surface area contributed by atoms with Gasteiger partial charge in [-0.15, -0.1) is 0 Å². The Kier molecular flexibility index (Phi) is 7.16. The Morgan fingerprint density at radius 2 is 2.00 bits per heavy atom. The van der Waals surface area contributed by atoms with Crippen LogP contribution in [-0.4, -0.2) is 48.0 Å². The first-order valence-electron chi connectivity index (χ1n) is 7.03. The van der Waals surface area contributed by atoms with Gasteiger partial charge in [-0.05, 0) is 19.1 Å². The molecule has 9 heteroatoms. The Labute approximate surface area is 138 Å². The number of rotatable bonds is 8. The number of nitriles is 1. The fourth-order valence-electron chi connectivity index (χ4n) is 1.73. The summed E-state index contributed by atoms with van der Waals surface area (Å²) in [6.07, 6.45) is -0.812. The molecule has 128 valence electrons. The summed E-state index contributed by atoms with van der Waals surface area (Å²) in [5.74, 6) is -0.903. The summed E-state index contributed by atoms with van der Waals surface area (Å²) in [6.45, 7) is 1.24. The molecule has 0 unspecified atom stereocenters. The molecule has 9 nitrogen and oxygen atoms in total. The summed E-state index contributed by atoms with van der Waals surface area (Å²) in [5.41, 5.74) is -0.0930. The van der Waals surface area contributed by atoms with E-state index in [4.69, 9.17) is 14.7 Å². The molecule has 0 N–H and O–H groups in total. The van der Waals surface area contributed by atoms with Crippen LogP contribution < -0.4 is 4.74 Å². The maximum Gasteiger partial charge on any atom is 0.344 e. The van der Waals surface area contributed by atoms with Gasteiger partial charge in [0.1, 0.15) is 5.75 Å². The molecule has 1 aromatic rings. The van der Waals surface area contributed by atoms with Gasteiger partial charge in [-0.1, -0.05) is 0 Å². The highest BCUT2D eigenvalue weighted by Crippen LogP contribution is 2.17. The van der Waals surface area contributed by atoms with Crippen molar-refractivity contribution in [2.75, 3.05) is 20.2 Å². The second-order valence-corrected chi connectivity index (χ2v) is 4.84. The molecule has 0 spiro atoms. The summed E-state index contributed by atoms with van der Waals surface area (Å²) in [6, 6.07) is 7.13. The van der Waals surface area contributed by atoms with Crippen molar-refractivity contribution in [2.45, 2.75) is 19.4 Å². The lowest BCUT2D eigenvalue weighted by atomic mass is 10.3. The van der Waals surface area contributed by atoms with Crippen molar-refractivity contribution in [1.82, 2.24) is 4.90 Å². The van der Waals surface area contributed by atoms with Crippen LogP contribution in [0, 0.1) is 21.4 Å². The van der Waals surface area contributed by atoms with Crippen molar-refractivity contribution in [3.05, 3.63) is 34.4 Å². The number of hydrogen-bond acceptors (Lipinski definition) is 7. The van der Waals surface area contributed by atoms with Gasteiger partial charge in [0.15, 0.2) is 12.7 Å². The molecule has 0 radical (unpaired) electrons. The minimum Gasteiger partial charge on any atom is -0.482 e. The van der Waals surface area contributed by atoms with E-state index in [1.807, 2.05) is 6.07 Å². The molecule has 0 aromatic heterocycles. The van der Waals surface area contributed by atoms with Crippen LogP contribution in [0.25, 0.3) is 0 Å². The van der Waals surface area contributed by atoms with Gasteiger partial charge in [0.05, 0.1) is 17.4 Å². The van der Waals surface area contributed by atoms with Crippen molar-refractivity contribution in [3.8, 4) is 11.8 Å². The minimum atomic E-state index is -0.998. The van der Waals surface area contributed by atoms with Crippen molar-refractivity contribution in [2.24, 2.45) is 0 Å². The zero-order valence-corrected chi connectivity index (χ0v) is 13.3. The Morgan fingerprint density at radius 1 is 1.38 bits per heavy atom. The van der Waals surface area contributed by atoms with Gasteiger partial charge in [0, 0.05) is 25.7 Å². The van der Waals surface area contributed by atoms with Crippen LogP contribution in [0.3, 0.4) is 0 Å². The predicted octanol–water partition coefficient (Wildman–Crippen LogP) is 1.28. The number of non-ortho nitro benzene ring substituents is 1. The van der Waals surface area contributed by atoms with Crippen LogP contribution in [-0.2, 0) is 14.3 Å². The number of esters is 1. The van der Waals surface area contributed by atoms with E-state index in [0.29, 0.717) is 0 Å².